The molecule has 228 valence electrons. The number of hydrogen-bond acceptors (Lipinski definition) is 7. The number of amides is 2. The molecule has 1 aliphatic heterocycles. The standard InChI is InChI=1S/C31H42N4O5S2/c1-8-35(30(3,4)5)42(39,40)24-14-13-23(21-11-9-10-12-22(21)24)26-25(29(37)34-17-15-20(2)16-18-34)33-28(41-26)27(36)32-19-31(6,7)38/h9-14,20,38H,8,15-19H2,1-7H3,(H,32,36). The average molecular weight is 615 g/mol. The lowest BCUT2D eigenvalue weighted by molar-refractivity contribution is 0.0685. The van der Waals surface area contributed by atoms with Gasteiger partial charge < -0.3 is 15.3 Å². The Balaban J connectivity index is 1.88. The quantitative estimate of drug-likeness (QED) is 0.362. The van der Waals surface area contributed by atoms with E-state index < -0.39 is 27.1 Å². The lowest BCUT2D eigenvalue weighted by Gasteiger charge is -2.34. The maximum atomic E-state index is 13.9. The zero-order valence-electron chi connectivity index (χ0n) is 25.5. The van der Waals surface area contributed by atoms with E-state index in [9.17, 15) is 23.1 Å². The highest BCUT2D eigenvalue weighted by Crippen LogP contribution is 2.40. The molecule has 2 N–H and O–H groups in total. The average Bonchev–Trinajstić information content (AvgIpc) is 3.35. The van der Waals surface area contributed by atoms with Crippen molar-refractivity contribution in [2.45, 2.75) is 77.3 Å². The summed E-state index contributed by atoms with van der Waals surface area (Å²) in [6.07, 6.45) is 1.78. The molecule has 0 saturated carbocycles. The van der Waals surface area contributed by atoms with E-state index in [1.54, 1.807) is 43.0 Å². The largest absolute Gasteiger partial charge is 0.389 e. The van der Waals surface area contributed by atoms with Crippen LogP contribution >= 0.6 is 11.3 Å². The molecular formula is C31H42N4O5S2. The van der Waals surface area contributed by atoms with Gasteiger partial charge in [-0.15, -0.1) is 11.3 Å². The van der Waals surface area contributed by atoms with Gasteiger partial charge in [0.15, 0.2) is 5.01 Å². The van der Waals surface area contributed by atoms with Crippen molar-refractivity contribution >= 4 is 43.9 Å². The lowest BCUT2D eigenvalue weighted by atomic mass is 9.98. The number of thiazole rings is 1. The first-order chi connectivity index (χ1) is 19.5. The molecule has 0 radical (unpaired) electrons. The van der Waals surface area contributed by atoms with E-state index in [2.05, 4.69) is 17.2 Å². The summed E-state index contributed by atoms with van der Waals surface area (Å²) in [5.41, 5.74) is -0.928. The second-order valence-corrected chi connectivity index (χ2v) is 15.5. The first-order valence-corrected chi connectivity index (χ1v) is 16.7. The third kappa shape index (κ3) is 6.69. The van der Waals surface area contributed by atoms with E-state index in [0.717, 1.165) is 24.2 Å². The smallest absolute Gasteiger partial charge is 0.280 e. The van der Waals surface area contributed by atoms with Gasteiger partial charge in [-0.05, 0) is 64.8 Å². The zero-order valence-corrected chi connectivity index (χ0v) is 27.2. The van der Waals surface area contributed by atoms with Crippen LogP contribution in [-0.2, 0) is 10.0 Å². The van der Waals surface area contributed by atoms with Crippen molar-refractivity contribution in [3.05, 3.63) is 47.1 Å². The number of rotatable bonds is 8. The van der Waals surface area contributed by atoms with Crippen LogP contribution in [0.1, 0.15) is 81.6 Å². The molecule has 0 spiro atoms. The van der Waals surface area contributed by atoms with Gasteiger partial charge >= 0.3 is 0 Å². The normalized spacial score (nSPS) is 15.4. The number of aromatic nitrogens is 1. The predicted molar refractivity (Wildman–Crippen MR) is 167 cm³/mol. The Kier molecular flexibility index (Phi) is 9.18. The van der Waals surface area contributed by atoms with Crippen molar-refractivity contribution in [2.24, 2.45) is 5.92 Å². The summed E-state index contributed by atoms with van der Waals surface area (Å²) in [5, 5.41) is 14.1. The molecule has 2 aromatic carbocycles. The minimum Gasteiger partial charge on any atom is -0.389 e. The molecule has 0 unspecified atom stereocenters. The summed E-state index contributed by atoms with van der Waals surface area (Å²) in [7, 11) is -3.85. The summed E-state index contributed by atoms with van der Waals surface area (Å²) in [6.45, 7) is 14.3. The Morgan fingerprint density at radius 3 is 2.26 bits per heavy atom. The summed E-state index contributed by atoms with van der Waals surface area (Å²) >= 11 is 1.10. The second kappa shape index (κ2) is 12.0. The molecule has 9 nitrogen and oxygen atoms in total. The van der Waals surface area contributed by atoms with Crippen LogP contribution in [0.15, 0.2) is 41.3 Å². The van der Waals surface area contributed by atoms with Crippen molar-refractivity contribution in [1.29, 1.82) is 0 Å². The minimum atomic E-state index is -3.85. The van der Waals surface area contributed by atoms with Crippen LogP contribution < -0.4 is 5.32 Å². The fourth-order valence-corrected chi connectivity index (χ4v) is 8.30. The summed E-state index contributed by atoms with van der Waals surface area (Å²) in [6, 6.07) is 10.5. The Labute approximate surface area is 253 Å². The molecule has 2 heterocycles. The van der Waals surface area contributed by atoms with Crippen LogP contribution in [0.3, 0.4) is 0 Å². The lowest BCUT2D eigenvalue weighted by Crippen LogP contribution is -2.45. The minimum absolute atomic E-state index is 0.0191. The summed E-state index contributed by atoms with van der Waals surface area (Å²) < 4.78 is 29.3. The van der Waals surface area contributed by atoms with Gasteiger partial charge in [-0.2, -0.15) is 4.31 Å². The topological polar surface area (TPSA) is 120 Å². The summed E-state index contributed by atoms with van der Waals surface area (Å²) in [4.78, 5) is 34.0. The van der Waals surface area contributed by atoms with Crippen LogP contribution in [0.5, 0.6) is 0 Å². The van der Waals surface area contributed by atoms with Crippen molar-refractivity contribution < 1.29 is 23.1 Å². The number of piperidine rings is 1. The molecule has 0 aliphatic carbocycles. The molecule has 1 fully saturated rings. The van der Waals surface area contributed by atoms with Crippen LogP contribution in [0, 0.1) is 5.92 Å². The Bertz CT molecular complexity index is 1580. The molecule has 1 aromatic heterocycles. The molecule has 11 heteroatoms. The third-order valence-electron chi connectivity index (χ3n) is 7.51. The monoisotopic (exact) mass is 614 g/mol. The maximum absolute atomic E-state index is 13.9. The SMILES string of the molecule is CCN(C(C)(C)C)S(=O)(=O)c1ccc(-c2sc(C(=O)NCC(C)(C)O)nc2C(=O)N2CCC(C)CC2)c2ccccc12. The molecule has 3 aromatic rings. The molecule has 1 aliphatic rings. The third-order valence-corrected chi connectivity index (χ3v) is 10.9. The highest BCUT2D eigenvalue weighted by Gasteiger charge is 2.35. The van der Waals surface area contributed by atoms with E-state index in [1.807, 2.05) is 39.8 Å². The Morgan fingerprint density at radius 2 is 1.69 bits per heavy atom. The maximum Gasteiger partial charge on any atom is 0.280 e. The second-order valence-electron chi connectivity index (χ2n) is 12.7. The zero-order chi connectivity index (χ0) is 31.0. The number of carbonyl (C=O) groups excluding carboxylic acids is 2. The molecule has 42 heavy (non-hydrogen) atoms. The number of hydrogen-bond donors (Lipinski definition) is 2. The molecular weight excluding hydrogens is 572 g/mol. The van der Waals surface area contributed by atoms with Gasteiger partial charge in [-0.25, -0.2) is 13.4 Å². The van der Waals surface area contributed by atoms with E-state index >= 15 is 0 Å². The number of nitrogens with zero attached hydrogens (tertiary/aromatic N) is 3. The molecule has 2 amide bonds. The van der Waals surface area contributed by atoms with Crippen LogP contribution in [-0.4, -0.2) is 76.8 Å². The number of carbonyl (C=O) groups is 2. The number of benzene rings is 2. The molecule has 0 atom stereocenters. The number of aliphatic hydroxyl groups is 1. The number of likely N-dealkylation sites (tertiary alicyclic amines) is 1. The van der Waals surface area contributed by atoms with Gasteiger partial charge in [0.1, 0.15) is 5.69 Å². The molecule has 4 rings (SSSR count). The van der Waals surface area contributed by atoms with Gasteiger partial charge in [0.25, 0.3) is 11.8 Å². The van der Waals surface area contributed by atoms with Crippen molar-refractivity contribution in [3.63, 3.8) is 0 Å². The number of fused-ring (bicyclic) bond motifs is 1. The van der Waals surface area contributed by atoms with E-state index in [0.29, 0.717) is 46.8 Å². The van der Waals surface area contributed by atoms with Crippen LogP contribution in [0.4, 0.5) is 0 Å². The highest BCUT2D eigenvalue weighted by atomic mass is 32.2. The van der Waals surface area contributed by atoms with Crippen LogP contribution in [0.25, 0.3) is 21.2 Å². The molecule has 1 saturated heterocycles. The van der Waals surface area contributed by atoms with Crippen molar-refractivity contribution in [2.75, 3.05) is 26.2 Å². The van der Waals surface area contributed by atoms with E-state index in [4.69, 9.17) is 0 Å². The summed E-state index contributed by atoms with van der Waals surface area (Å²) in [5.74, 6) is -0.205. The van der Waals surface area contributed by atoms with Gasteiger partial charge in [0.2, 0.25) is 10.0 Å². The number of nitrogens with one attached hydrogen (secondary N) is 1. The van der Waals surface area contributed by atoms with Gasteiger partial charge in [-0.1, -0.05) is 44.2 Å². The van der Waals surface area contributed by atoms with Crippen LogP contribution in [0.2, 0.25) is 0 Å². The van der Waals surface area contributed by atoms with E-state index in [1.165, 1.54) is 4.31 Å². The highest BCUT2D eigenvalue weighted by molar-refractivity contribution is 7.89. The fourth-order valence-electron chi connectivity index (χ4n) is 5.30. The van der Waals surface area contributed by atoms with Gasteiger partial charge in [-0.3, -0.25) is 9.59 Å². The predicted octanol–water partition coefficient (Wildman–Crippen LogP) is 5.15. The number of sulfonamides is 1. The van der Waals surface area contributed by atoms with E-state index in [-0.39, 0.29) is 28.0 Å². The van der Waals surface area contributed by atoms with Crippen molar-refractivity contribution in [1.82, 2.24) is 19.5 Å². The first-order valence-electron chi connectivity index (χ1n) is 14.4. The van der Waals surface area contributed by atoms with Gasteiger partial charge in [0, 0.05) is 42.7 Å². The fraction of sp³-hybridized carbons (Fsp3) is 0.516. The Hall–Kier alpha value is -2.86. The Morgan fingerprint density at radius 1 is 1.07 bits per heavy atom. The first kappa shape index (κ1) is 32.1. The van der Waals surface area contributed by atoms with Gasteiger partial charge in [0.05, 0.1) is 15.4 Å². The van der Waals surface area contributed by atoms with Crippen molar-refractivity contribution in [3.8, 4) is 10.4 Å². The molecule has 0 bridgehead atoms.